The molecule has 20 aromatic rings. The zero-order valence-corrected chi connectivity index (χ0v) is 79.8. The average Bonchev–Trinajstić information content (AvgIpc) is 0.744. The van der Waals surface area contributed by atoms with Crippen molar-refractivity contribution in [2.24, 2.45) is 0 Å². The molecule has 8 heterocycles. The molecule has 0 atom stereocenters. The Kier molecular flexibility index (Phi) is 28.8. The first-order valence-electron chi connectivity index (χ1n) is 42.9. The van der Waals surface area contributed by atoms with Crippen LogP contribution in [0.25, 0.3) is 87.5 Å². The second kappa shape index (κ2) is 42.1. The van der Waals surface area contributed by atoms with E-state index in [2.05, 4.69) is 0 Å². The monoisotopic (exact) mass is 2010 g/mol. The van der Waals surface area contributed by atoms with E-state index in [1.54, 1.807) is 179 Å². The smallest absolute Gasteiger partial charge is 0.354 e. The molecule has 27 nitrogen and oxygen atoms in total. The normalized spacial score (nSPS) is 11.2. The first-order valence-corrected chi connectivity index (χ1v) is 46.6. The molecule has 4 N–H and O–H groups in total. The first-order chi connectivity index (χ1) is 68.7. The zero-order chi connectivity index (χ0) is 100. The highest BCUT2D eigenvalue weighted by Gasteiger charge is 2.30. The third kappa shape index (κ3) is 19.8. The van der Waals surface area contributed by atoms with Crippen LogP contribution in [0.1, 0.15) is 22.3 Å². The Labute approximate surface area is 822 Å². The standard InChI is InChI=1S/C27H20ClNO6S.2C27H20FNO6S.C26H18FNO5S/c2*1-33-17-10-11-19-20(13-17)29(14-15-6-3-4-9-21(15)34-2)26(31)22-23(30)25(27(32)35-24(19)22)36-18-8-5-7-16(28)12-18;1-33-17-9-12-19-20(13-17)29(14-15-5-3-4-6-21(15)34-2)26(31)22-23(30)25(27(32)35-24(19)22)36-18-10-7-16(28)8-11-18;1-32-17-10-11-19-20(13-17)28(14-15-6-5-7-16(27)12-15)25(30)21-22(29)24(26(31)33-23(19)21)34-18-8-3-2-4-9-18/h3*3-13,30H,14H2,1-2H3;2-13,29H,14H2,1H3. The Morgan fingerprint density at radius 2 is 0.570 bits per heavy atom. The quantitative estimate of drug-likeness (QED) is 0.0432. The van der Waals surface area contributed by atoms with Crippen molar-refractivity contribution in [1.29, 1.82) is 0 Å². The van der Waals surface area contributed by atoms with Gasteiger partial charge in [0, 0.05) is 87.1 Å². The molecule has 0 bridgehead atoms. The largest absolute Gasteiger partial charge is 0.505 e. The first kappa shape index (κ1) is 97.3. The van der Waals surface area contributed by atoms with Gasteiger partial charge in [-0.2, -0.15) is 0 Å². The summed E-state index contributed by atoms with van der Waals surface area (Å²) in [7, 11) is 10.7. The fourth-order valence-corrected chi connectivity index (χ4v) is 19.8. The summed E-state index contributed by atoms with van der Waals surface area (Å²) in [6.45, 7) is 0.433. The number of halogens is 4. The molecule has 142 heavy (non-hydrogen) atoms. The molecule has 0 spiro atoms. The number of rotatable bonds is 23. The van der Waals surface area contributed by atoms with E-state index in [4.69, 9.17) is 62.4 Å². The molecule has 8 aromatic heterocycles. The summed E-state index contributed by atoms with van der Waals surface area (Å²) in [5.41, 5.74) is -0.862. The summed E-state index contributed by atoms with van der Waals surface area (Å²) < 4.78 is 107. The van der Waals surface area contributed by atoms with E-state index in [0.29, 0.717) is 114 Å². The van der Waals surface area contributed by atoms with Gasteiger partial charge in [-0.15, -0.1) is 0 Å². The maximum Gasteiger partial charge on any atom is 0.354 e. The average molecular weight is 2010 g/mol. The SMILES string of the molecule is COc1ccc2c3oc(=O)c(Sc4ccc(F)cc4)c(O)c3c(=O)n(Cc3ccccc3OC)c2c1.COc1ccc2c3oc(=O)c(Sc4cccc(Cl)c4)c(O)c3c(=O)n(Cc3ccccc3OC)c2c1.COc1ccc2c3oc(=O)c(Sc4cccc(F)c4)c(O)c3c(=O)n(Cc3ccccc3OC)c2c1.COc1ccc2c3oc(=O)c(Sc4ccccc4)c(O)c3c(=O)n(Cc3cccc(F)c3)c2c1. The number of benzene rings is 12. The molecule has 716 valence electrons. The second-order valence-electron chi connectivity index (χ2n) is 31.3. The molecule has 35 heteroatoms. The molecule has 0 amide bonds. The van der Waals surface area contributed by atoms with Crippen molar-refractivity contribution < 1.29 is 84.4 Å². The van der Waals surface area contributed by atoms with Crippen molar-refractivity contribution in [3.63, 3.8) is 0 Å². The van der Waals surface area contributed by atoms with Gasteiger partial charge in [0.25, 0.3) is 22.2 Å². The summed E-state index contributed by atoms with van der Waals surface area (Å²) in [4.78, 5) is 108. The van der Waals surface area contributed by atoms with E-state index < -0.39 is 85.2 Å². The molecule has 0 aliphatic heterocycles. The minimum atomic E-state index is -0.840. The number of hydrogen-bond donors (Lipinski definition) is 4. The minimum Gasteiger partial charge on any atom is -0.505 e. The molecule has 0 radical (unpaired) electrons. The van der Waals surface area contributed by atoms with E-state index in [1.807, 2.05) is 60.7 Å². The van der Waals surface area contributed by atoms with Crippen molar-refractivity contribution in [2.45, 2.75) is 65.3 Å². The summed E-state index contributed by atoms with van der Waals surface area (Å²) in [6, 6.07) is 74.7. The predicted molar refractivity (Wildman–Crippen MR) is 539 cm³/mol. The lowest BCUT2D eigenvalue weighted by Gasteiger charge is -2.16. The van der Waals surface area contributed by atoms with Crippen molar-refractivity contribution in [2.75, 3.05) is 49.8 Å². The highest BCUT2D eigenvalue weighted by Crippen LogP contribution is 2.45. The molecule has 0 saturated heterocycles. The van der Waals surface area contributed by atoms with Gasteiger partial charge >= 0.3 is 22.5 Å². The van der Waals surface area contributed by atoms with Gasteiger partial charge < -0.3 is 89.5 Å². The molecule has 0 unspecified atom stereocenters. The van der Waals surface area contributed by atoms with Gasteiger partial charge in [0.1, 0.15) is 98.8 Å². The van der Waals surface area contributed by atoms with Crippen LogP contribution in [-0.2, 0) is 26.2 Å². The summed E-state index contributed by atoms with van der Waals surface area (Å²) in [5.74, 6) is 0.548. The summed E-state index contributed by atoms with van der Waals surface area (Å²) in [5, 5.41) is 46.4. The highest BCUT2D eigenvalue weighted by atomic mass is 35.5. The number of hydrogen-bond acceptors (Lipinski definition) is 27. The summed E-state index contributed by atoms with van der Waals surface area (Å²) in [6.07, 6.45) is 0. The van der Waals surface area contributed by atoms with Crippen LogP contribution in [0.15, 0.2) is 368 Å². The lowest BCUT2D eigenvalue weighted by atomic mass is 10.1. The van der Waals surface area contributed by atoms with Gasteiger partial charge in [0.15, 0.2) is 45.3 Å². The van der Waals surface area contributed by atoms with Gasteiger partial charge in [0.2, 0.25) is 0 Å². The van der Waals surface area contributed by atoms with E-state index in [1.165, 1.54) is 101 Å². The number of fused-ring (bicyclic) bond motifs is 12. The van der Waals surface area contributed by atoms with Gasteiger partial charge in [0.05, 0.1) is 98.0 Å². The van der Waals surface area contributed by atoms with E-state index in [9.17, 15) is 72.0 Å². The van der Waals surface area contributed by atoms with E-state index in [-0.39, 0.29) is 89.6 Å². The van der Waals surface area contributed by atoms with Gasteiger partial charge in [-0.05, 0) is 157 Å². The maximum absolute atomic E-state index is 13.9. The number of nitrogens with zero attached hydrogens (tertiary/aromatic N) is 4. The van der Waals surface area contributed by atoms with Crippen molar-refractivity contribution in [3.05, 3.63) is 401 Å². The Bertz CT molecular complexity index is 8670. The maximum atomic E-state index is 13.9. The fourth-order valence-electron chi connectivity index (χ4n) is 16.1. The van der Waals surface area contributed by atoms with Crippen LogP contribution in [0.3, 0.4) is 0 Å². The number of para-hydroxylation sites is 3. The molecule has 0 fully saturated rings. The van der Waals surface area contributed by atoms with Gasteiger partial charge in [-0.3, -0.25) is 19.2 Å². The van der Waals surface area contributed by atoms with E-state index in [0.717, 1.165) is 63.7 Å². The Morgan fingerprint density at radius 3 is 0.894 bits per heavy atom. The van der Waals surface area contributed by atoms with Crippen LogP contribution in [0.5, 0.6) is 63.2 Å². The lowest BCUT2D eigenvalue weighted by molar-refractivity contribution is 0.408. The fraction of sp³-hybridized carbons (Fsp3) is 0.103. The molecular formula is C107H78ClF3N4O23S4. The molecule has 12 aromatic carbocycles. The van der Waals surface area contributed by atoms with Crippen molar-refractivity contribution >= 4 is 146 Å². The predicted octanol–water partition coefficient (Wildman–Crippen LogP) is 21.2. The Balaban J connectivity index is 0.000000130. The topological polar surface area (TPSA) is 354 Å². The number of methoxy groups -OCH3 is 7. The number of ether oxygens (including phenoxy) is 7. The molecule has 20 rings (SSSR count). The molecule has 0 saturated carbocycles. The molecule has 0 aliphatic carbocycles. The van der Waals surface area contributed by atoms with Crippen LogP contribution in [0.2, 0.25) is 5.02 Å². The van der Waals surface area contributed by atoms with Crippen molar-refractivity contribution in [3.8, 4) is 63.2 Å². The minimum absolute atomic E-state index is 0.00636. The van der Waals surface area contributed by atoms with Crippen LogP contribution in [-0.4, -0.2) is 88.5 Å². The van der Waals surface area contributed by atoms with Crippen LogP contribution < -0.4 is 77.9 Å². The molecule has 0 aliphatic rings. The van der Waals surface area contributed by atoms with Gasteiger partial charge in [-0.1, -0.05) is 156 Å². The van der Waals surface area contributed by atoms with Crippen LogP contribution in [0.4, 0.5) is 13.2 Å². The third-order valence-corrected chi connectivity index (χ3v) is 27.3. The van der Waals surface area contributed by atoms with Crippen LogP contribution >= 0.6 is 58.6 Å². The van der Waals surface area contributed by atoms with E-state index >= 15 is 0 Å². The van der Waals surface area contributed by atoms with Crippen LogP contribution in [0, 0.1) is 17.5 Å². The highest BCUT2D eigenvalue weighted by molar-refractivity contribution is 8.00. The Hall–Kier alpha value is -16.4. The van der Waals surface area contributed by atoms with Crippen molar-refractivity contribution in [1.82, 2.24) is 18.3 Å². The second-order valence-corrected chi connectivity index (χ2v) is 36.1. The zero-order valence-electron chi connectivity index (χ0n) is 75.8. The Morgan fingerprint density at radius 1 is 0.282 bits per heavy atom. The number of aromatic nitrogens is 4. The molecular weight excluding hydrogens is 1930 g/mol. The summed E-state index contributed by atoms with van der Waals surface area (Å²) >= 11 is 9.77. The van der Waals surface area contributed by atoms with Gasteiger partial charge in [-0.25, -0.2) is 32.3 Å². The number of pyridine rings is 4. The third-order valence-electron chi connectivity index (χ3n) is 22.9. The number of aromatic hydroxyl groups is 4. The lowest BCUT2D eigenvalue weighted by Crippen LogP contribution is -2.23.